The third-order valence-corrected chi connectivity index (χ3v) is 7.92. The van der Waals surface area contributed by atoms with E-state index in [1.807, 2.05) is 6.08 Å². The Morgan fingerprint density at radius 3 is 2.56 bits per heavy atom. The van der Waals surface area contributed by atoms with Gasteiger partial charge in [-0.15, -0.1) is 0 Å². The number of carbonyl (C=O) groups is 1. The van der Waals surface area contributed by atoms with Crippen molar-refractivity contribution < 1.29 is 14.3 Å². The number of unbranched alkanes of at least 4 members (excludes halogenated alkanes) is 5. The van der Waals surface area contributed by atoms with Gasteiger partial charge >= 0.3 is 5.97 Å². The van der Waals surface area contributed by atoms with Crippen molar-refractivity contribution in [3.63, 3.8) is 0 Å². The van der Waals surface area contributed by atoms with Gasteiger partial charge in [-0.2, -0.15) is 0 Å². The van der Waals surface area contributed by atoms with Crippen molar-refractivity contribution in [1.82, 2.24) is 0 Å². The highest BCUT2D eigenvalue weighted by Gasteiger charge is 2.46. The van der Waals surface area contributed by atoms with Crippen LogP contribution in [0.4, 0.5) is 0 Å². The van der Waals surface area contributed by atoms with Crippen LogP contribution in [-0.2, 0) is 0 Å². The first-order chi connectivity index (χ1) is 17.0. The number of furan rings is 1. The maximum absolute atomic E-state index is 11.2. The van der Waals surface area contributed by atoms with E-state index in [-0.39, 0.29) is 16.6 Å². The number of fused-ring (bicyclic) bond motifs is 2. The number of hydrogen-bond donors (Lipinski definition) is 1. The minimum absolute atomic E-state index is 0.0381. The second kappa shape index (κ2) is 10.4. The lowest BCUT2D eigenvalue weighted by atomic mass is 9.61. The molecule has 2 heterocycles. The molecule has 194 valence electrons. The van der Waals surface area contributed by atoms with Gasteiger partial charge < -0.3 is 9.52 Å². The van der Waals surface area contributed by atoms with E-state index in [2.05, 4.69) is 53.7 Å². The maximum atomic E-state index is 11.2. The molecule has 1 saturated carbocycles. The summed E-state index contributed by atoms with van der Waals surface area (Å²) in [6, 6.07) is 3.23. The van der Waals surface area contributed by atoms with Gasteiger partial charge in [0.25, 0.3) is 0 Å². The monoisotopic (exact) mass is 489 g/mol. The molecular weight excluding hydrogens is 446 g/mol. The molecule has 1 unspecified atom stereocenters. The summed E-state index contributed by atoms with van der Waals surface area (Å²) in [5.41, 5.74) is 7.78. The van der Waals surface area contributed by atoms with Crippen LogP contribution in [0.25, 0.3) is 6.08 Å². The highest BCUT2D eigenvalue weighted by molar-refractivity contribution is 6.09. The molecule has 1 aromatic heterocycles. The van der Waals surface area contributed by atoms with E-state index in [0.29, 0.717) is 11.7 Å². The first-order valence-electron chi connectivity index (χ1n) is 13.8. The SMILES string of the molecule is CCCCCCCCC1C=CC(C(C)=Cc2ccc(C(=O)O)o2)=C2N=C3C(=C21)CC(C)(C)CC3(C)C. The lowest BCUT2D eigenvalue weighted by molar-refractivity contribution is 0.0662. The van der Waals surface area contributed by atoms with Crippen LogP contribution in [0.3, 0.4) is 0 Å². The Morgan fingerprint density at radius 1 is 1.14 bits per heavy atom. The molecule has 4 heteroatoms. The fraction of sp³-hybridized carbons (Fsp3) is 0.562. The summed E-state index contributed by atoms with van der Waals surface area (Å²) in [6.45, 7) is 13.8. The van der Waals surface area contributed by atoms with E-state index < -0.39 is 5.97 Å². The van der Waals surface area contributed by atoms with Crippen LogP contribution in [-0.4, -0.2) is 16.8 Å². The van der Waals surface area contributed by atoms with Gasteiger partial charge in [0.2, 0.25) is 5.76 Å². The van der Waals surface area contributed by atoms with Crippen LogP contribution in [0.2, 0.25) is 0 Å². The van der Waals surface area contributed by atoms with E-state index in [4.69, 9.17) is 9.41 Å². The summed E-state index contributed by atoms with van der Waals surface area (Å²) in [7, 11) is 0. The highest BCUT2D eigenvalue weighted by atomic mass is 16.4. The molecule has 0 saturated heterocycles. The second-order valence-corrected chi connectivity index (χ2v) is 12.4. The number of allylic oxidation sites excluding steroid dienone is 6. The van der Waals surface area contributed by atoms with Crippen molar-refractivity contribution in [3.05, 3.63) is 63.8 Å². The predicted octanol–water partition coefficient (Wildman–Crippen LogP) is 9.17. The number of rotatable bonds is 10. The number of nitrogens with zero attached hydrogens (tertiary/aromatic N) is 1. The Balaban J connectivity index is 1.69. The summed E-state index contributed by atoms with van der Waals surface area (Å²) in [4.78, 5) is 16.6. The molecule has 2 aliphatic carbocycles. The van der Waals surface area contributed by atoms with Crippen molar-refractivity contribution in [2.45, 2.75) is 99.3 Å². The second-order valence-electron chi connectivity index (χ2n) is 12.4. The molecule has 0 aromatic carbocycles. The predicted molar refractivity (Wildman–Crippen MR) is 148 cm³/mol. The summed E-state index contributed by atoms with van der Waals surface area (Å²) >= 11 is 0. The fourth-order valence-corrected chi connectivity index (χ4v) is 6.60. The number of hydrogen-bond acceptors (Lipinski definition) is 3. The molecule has 0 spiro atoms. The minimum atomic E-state index is -1.05. The fourth-order valence-electron chi connectivity index (χ4n) is 6.60. The molecule has 0 bridgehead atoms. The molecule has 0 radical (unpaired) electrons. The van der Waals surface area contributed by atoms with Crippen molar-refractivity contribution in [1.29, 1.82) is 0 Å². The van der Waals surface area contributed by atoms with E-state index in [1.165, 1.54) is 67.9 Å². The Bertz CT molecular complexity index is 1170. The quantitative estimate of drug-likeness (QED) is 0.333. The zero-order valence-corrected chi connectivity index (χ0v) is 23.0. The topological polar surface area (TPSA) is 62.8 Å². The number of carboxylic acids is 1. The van der Waals surface area contributed by atoms with Gasteiger partial charge in [-0.05, 0) is 66.5 Å². The van der Waals surface area contributed by atoms with E-state index >= 15 is 0 Å². The summed E-state index contributed by atoms with van der Waals surface area (Å²) in [5.74, 6) is -0.124. The summed E-state index contributed by atoms with van der Waals surface area (Å²) < 4.78 is 5.52. The smallest absolute Gasteiger partial charge is 0.371 e. The molecule has 3 aliphatic rings. The zero-order valence-electron chi connectivity index (χ0n) is 23.0. The third kappa shape index (κ3) is 5.53. The molecule has 1 N–H and O–H groups in total. The van der Waals surface area contributed by atoms with E-state index in [9.17, 15) is 9.90 Å². The van der Waals surface area contributed by atoms with Gasteiger partial charge in [-0.3, -0.25) is 4.99 Å². The van der Waals surface area contributed by atoms with Crippen molar-refractivity contribution in [2.75, 3.05) is 0 Å². The van der Waals surface area contributed by atoms with Gasteiger partial charge in [-0.1, -0.05) is 85.3 Å². The van der Waals surface area contributed by atoms with Gasteiger partial charge in [0.1, 0.15) is 5.76 Å². The molecule has 1 aromatic rings. The van der Waals surface area contributed by atoms with Crippen molar-refractivity contribution in [2.24, 2.45) is 21.7 Å². The Labute approximate surface area is 217 Å². The first kappa shape index (κ1) is 26.4. The third-order valence-electron chi connectivity index (χ3n) is 7.92. The van der Waals surface area contributed by atoms with Crippen LogP contribution < -0.4 is 0 Å². The number of aliphatic imine (C=N–C) groups is 1. The van der Waals surface area contributed by atoms with Crippen LogP contribution in [0.5, 0.6) is 0 Å². The zero-order chi connectivity index (χ0) is 26.1. The van der Waals surface area contributed by atoms with Crippen LogP contribution >= 0.6 is 0 Å². The van der Waals surface area contributed by atoms with Gasteiger partial charge in [0.05, 0.1) is 11.4 Å². The Kier molecular flexibility index (Phi) is 7.64. The largest absolute Gasteiger partial charge is 0.475 e. The van der Waals surface area contributed by atoms with E-state index in [0.717, 1.165) is 29.7 Å². The average Bonchev–Trinajstić information content (AvgIpc) is 3.40. The van der Waals surface area contributed by atoms with Gasteiger partial charge in [0, 0.05) is 16.9 Å². The summed E-state index contributed by atoms with van der Waals surface area (Å²) in [5, 5.41) is 9.22. The molecule has 1 atom stereocenters. The minimum Gasteiger partial charge on any atom is -0.475 e. The molecule has 0 amide bonds. The Morgan fingerprint density at radius 2 is 1.86 bits per heavy atom. The van der Waals surface area contributed by atoms with Gasteiger partial charge in [0.15, 0.2) is 0 Å². The lowest BCUT2D eigenvalue weighted by Crippen LogP contribution is -2.37. The van der Waals surface area contributed by atoms with E-state index in [1.54, 1.807) is 6.07 Å². The first-order valence-corrected chi connectivity index (χ1v) is 13.8. The van der Waals surface area contributed by atoms with Crippen molar-refractivity contribution in [3.8, 4) is 0 Å². The van der Waals surface area contributed by atoms with Crippen LogP contribution in [0.1, 0.15) is 116 Å². The van der Waals surface area contributed by atoms with Gasteiger partial charge in [-0.25, -0.2) is 4.79 Å². The standard InChI is InChI=1S/C32H43NO3/c1-7-8-9-10-11-12-13-22-14-16-24(21(2)18-23-15-17-26(36-23)30(34)35)28-27(22)25-19-31(3,4)20-32(5,6)29(25)33-28/h14-18,22H,7-13,19-20H2,1-6H3,(H,34,35). The Hall–Kier alpha value is -2.62. The molecule has 1 aliphatic heterocycles. The number of carboxylic acid groups (broad SMARTS) is 1. The number of aromatic carboxylic acids is 1. The maximum Gasteiger partial charge on any atom is 0.371 e. The van der Waals surface area contributed by atoms with Crippen molar-refractivity contribution >= 4 is 17.8 Å². The molecule has 4 nitrogen and oxygen atoms in total. The average molecular weight is 490 g/mol. The lowest BCUT2D eigenvalue weighted by Gasteiger charge is -2.42. The molecular formula is C32H43NO3. The normalized spacial score (nSPS) is 22.6. The van der Waals surface area contributed by atoms with Crippen LogP contribution in [0.15, 0.2) is 61.7 Å². The summed E-state index contributed by atoms with van der Waals surface area (Å²) in [6.07, 6.45) is 17.8. The molecule has 1 fully saturated rings. The molecule has 36 heavy (non-hydrogen) atoms. The van der Waals surface area contributed by atoms with Crippen LogP contribution in [0, 0.1) is 16.7 Å². The highest BCUT2D eigenvalue weighted by Crippen LogP contribution is 2.54. The molecule has 4 rings (SSSR count).